The minimum absolute atomic E-state index is 0.315. The van der Waals surface area contributed by atoms with Crippen molar-refractivity contribution in [2.75, 3.05) is 7.05 Å². The van der Waals surface area contributed by atoms with E-state index in [0.717, 1.165) is 10.7 Å². The predicted octanol–water partition coefficient (Wildman–Crippen LogP) is 2.19. The largest absolute Gasteiger partial charge is 0.312 e. The van der Waals surface area contributed by atoms with Crippen molar-refractivity contribution in [3.8, 4) is 10.8 Å². The molecule has 2 aromatic heterocycles. The summed E-state index contributed by atoms with van der Waals surface area (Å²) in [7, 11) is 1.95. The van der Waals surface area contributed by atoms with Gasteiger partial charge in [-0.05, 0) is 27.0 Å². The third-order valence-corrected chi connectivity index (χ3v) is 3.75. The Kier molecular flexibility index (Phi) is 3.26. The van der Waals surface area contributed by atoms with E-state index in [9.17, 15) is 0 Å². The molecule has 0 amide bonds. The molecule has 84 valence electrons. The van der Waals surface area contributed by atoms with Crippen molar-refractivity contribution < 1.29 is 0 Å². The van der Waals surface area contributed by atoms with Crippen LogP contribution < -0.4 is 5.32 Å². The zero-order chi connectivity index (χ0) is 11.5. The molecule has 0 fully saturated rings. The Bertz CT molecular complexity index is 466. The third-order valence-electron chi connectivity index (χ3n) is 2.42. The Labute approximate surface area is 98.8 Å². The van der Waals surface area contributed by atoms with Gasteiger partial charge in [0.2, 0.25) is 0 Å². The van der Waals surface area contributed by atoms with Crippen LogP contribution in [0.1, 0.15) is 23.5 Å². The highest BCUT2D eigenvalue weighted by Gasteiger charge is 2.14. The van der Waals surface area contributed by atoms with Crippen LogP contribution in [0.25, 0.3) is 10.8 Å². The lowest BCUT2D eigenvalue weighted by atomic mass is 10.2. The number of hydrogen-bond acceptors (Lipinski definition) is 5. The van der Waals surface area contributed by atoms with Crippen LogP contribution in [0.2, 0.25) is 0 Å². The number of hydrogen-bond donors (Lipinski definition) is 1. The van der Waals surface area contributed by atoms with Gasteiger partial charge in [-0.2, -0.15) is 0 Å². The van der Waals surface area contributed by atoms with Gasteiger partial charge in [0.05, 0.1) is 5.69 Å². The fourth-order valence-electron chi connectivity index (χ4n) is 1.45. The average Bonchev–Trinajstić information content (AvgIpc) is 2.71. The van der Waals surface area contributed by atoms with E-state index in [1.54, 1.807) is 29.8 Å². The Morgan fingerprint density at radius 1 is 1.31 bits per heavy atom. The first-order valence-corrected chi connectivity index (χ1v) is 5.96. The van der Waals surface area contributed by atoms with Gasteiger partial charge in [-0.3, -0.25) is 0 Å². The molecule has 0 aliphatic heterocycles. The first-order chi connectivity index (χ1) is 7.72. The van der Waals surface area contributed by atoms with Gasteiger partial charge >= 0.3 is 0 Å². The molecule has 0 saturated carbocycles. The number of aromatic nitrogens is 3. The topological polar surface area (TPSA) is 50.7 Å². The molecule has 1 atom stereocenters. The smallest absolute Gasteiger partial charge is 0.188 e. The van der Waals surface area contributed by atoms with Crippen molar-refractivity contribution in [1.82, 2.24) is 20.3 Å². The van der Waals surface area contributed by atoms with E-state index in [4.69, 9.17) is 0 Å². The molecule has 0 saturated heterocycles. The minimum atomic E-state index is 0.315. The second-order valence-electron chi connectivity index (χ2n) is 3.55. The van der Waals surface area contributed by atoms with Gasteiger partial charge < -0.3 is 5.32 Å². The van der Waals surface area contributed by atoms with Crippen LogP contribution in [-0.2, 0) is 0 Å². The van der Waals surface area contributed by atoms with E-state index in [1.165, 1.54) is 4.88 Å². The summed E-state index contributed by atoms with van der Waals surface area (Å²) in [5.74, 6) is 0.699. The molecule has 1 unspecified atom stereocenters. The van der Waals surface area contributed by atoms with Gasteiger partial charge in [-0.15, -0.1) is 11.3 Å². The van der Waals surface area contributed by atoms with Gasteiger partial charge in [0.15, 0.2) is 10.8 Å². The molecule has 1 N–H and O–H groups in total. The standard InChI is InChI=1S/C11H14N4S/c1-7(12-3)9-8(2)15-11(16-9)10-13-5-4-6-14-10/h4-7,12H,1-3H3. The molecule has 0 aliphatic rings. The van der Waals surface area contributed by atoms with Crippen molar-refractivity contribution in [2.24, 2.45) is 0 Å². The number of nitrogens with zero attached hydrogens (tertiary/aromatic N) is 3. The highest BCUT2D eigenvalue weighted by molar-refractivity contribution is 7.15. The zero-order valence-electron chi connectivity index (χ0n) is 9.56. The summed E-state index contributed by atoms with van der Waals surface area (Å²) in [6, 6.07) is 2.12. The molecular formula is C11H14N4S. The number of aryl methyl sites for hydroxylation is 1. The first kappa shape index (κ1) is 11.2. The summed E-state index contributed by atoms with van der Waals surface area (Å²) in [6.07, 6.45) is 3.47. The van der Waals surface area contributed by atoms with Crippen molar-refractivity contribution in [2.45, 2.75) is 19.9 Å². The van der Waals surface area contributed by atoms with Crippen LogP contribution >= 0.6 is 11.3 Å². The Hall–Kier alpha value is -1.33. The summed E-state index contributed by atoms with van der Waals surface area (Å²) in [5, 5.41) is 4.10. The lowest BCUT2D eigenvalue weighted by Crippen LogP contribution is -2.11. The van der Waals surface area contributed by atoms with E-state index in [2.05, 4.69) is 27.2 Å². The predicted molar refractivity (Wildman–Crippen MR) is 65.4 cm³/mol. The second kappa shape index (κ2) is 4.67. The van der Waals surface area contributed by atoms with Crippen LogP contribution in [0.15, 0.2) is 18.5 Å². The molecule has 2 rings (SSSR count). The highest BCUT2D eigenvalue weighted by Crippen LogP contribution is 2.29. The Morgan fingerprint density at radius 2 is 2.00 bits per heavy atom. The summed E-state index contributed by atoms with van der Waals surface area (Å²) < 4.78 is 0. The number of rotatable bonds is 3. The molecule has 4 nitrogen and oxygen atoms in total. The maximum atomic E-state index is 4.50. The maximum absolute atomic E-state index is 4.50. The summed E-state index contributed by atoms with van der Waals surface area (Å²) >= 11 is 1.65. The molecule has 0 bridgehead atoms. The quantitative estimate of drug-likeness (QED) is 0.884. The SMILES string of the molecule is CNC(C)c1sc(-c2ncccn2)nc1C. The summed E-state index contributed by atoms with van der Waals surface area (Å²) in [6.45, 7) is 4.14. The lowest BCUT2D eigenvalue weighted by Gasteiger charge is -2.06. The van der Waals surface area contributed by atoms with Gasteiger partial charge in [0.25, 0.3) is 0 Å². The first-order valence-electron chi connectivity index (χ1n) is 5.14. The van der Waals surface area contributed by atoms with Gasteiger partial charge in [-0.1, -0.05) is 0 Å². The van der Waals surface area contributed by atoms with Gasteiger partial charge in [0.1, 0.15) is 0 Å². The Balaban J connectivity index is 2.38. The van der Waals surface area contributed by atoms with E-state index >= 15 is 0 Å². The molecule has 5 heteroatoms. The molecule has 2 aromatic rings. The molecular weight excluding hydrogens is 220 g/mol. The molecule has 2 heterocycles. The fourth-order valence-corrected chi connectivity index (χ4v) is 2.52. The molecule has 16 heavy (non-hydrogen) atoms. The van der Waals surface area contributed by atoms with Crippen LogP contribution in [0.3, 0.4) is 0 Å². The van der Waals surface area contributed by atoms with Crippen molar-refractivity contribution in [3.05, 3.63) is 29.0 Å². The van der Waals surface area contributed by atoms with E-state index < -0.39 is 0 Å². The van der Waals surface area contributed by atoms with Crippen LogP contribution in [0.5, 0.6) is 0 Å². The van der Waals surface area contributed by atoms with E-state index in [0.29, 0.717) is 11.9 Å². The zero-order valence-corrected chi connectivity index (χ0v) is 10.4. The molecule has 0 spiro atoms. The van der Waals surface area contributed by atoms with Crippen molar-refractivity contribution in [1.29, 1.82) is 0 Å². The van der Waals surface area contributed by atoms with Crippen LogP contribution in [-0.4, -0.2) is 22.0 Å². The maximum Gasteiger partial charge on any atom is 0.188 e. The average molecular weight is 234 g/mol. The molecule has 0 aliphatic carbocycles. The van der Waals surface area contributed by atoms with Crippen LogP contribution in [0.4, 0.5) is 0 Å². The minimum Gasteiger partial charge on any atom is -0.312 e. The normalized spacial score (nSPS) is 12.7. The highest BCUT2D eigenvalue weighted by atomic mass is 32.1. The summed E-state index contributed by atoms with van der Waals surface area (Å²) in [5.41, 5.74) is 1.05. The number of nitrogens with one attached hydrogen (secondary N) is 1. The van der Waals surface area contributed by atoms with E-state index in [1.807, 2.05) is 14.0 Å². The lowest BCUT2D eigenvalue weighted by molar-refractivity contribution is 0.658. The monoisotopic (exact) mass is 234 g/mol. The molecule has 0 aromatic carbocycles. The van der Waals surface area contributed by atoms with Gasteiger partial charge in [0, 0.05) is 23.3 Å². The van der Waals surface area contributed by atoms with E-state index in [-0.39, 0.29) is 0 Å². The van der Waals surface area contributed by atoms with Crippen molar-refractivity contribution in [3.63, 3.8) is 0 Å². The summed E-state index contributed by atoms with van der Waals surface area (Å²) in [4.78, 5) is 14.2. The molecule has 0 radical (unpaired) electrons. The number of thiazole rings is 1. The van der Waals surface area contributed by atoms with Crippen LogP contribution in [0, 0.1) is 6.92 Å². The van der Waals surface area contributed by atoms with Crippen molar-refractivity contribution >= 4 is 11.3 Å². The third kappa shape index (κ3) is 2.10. The fraction of sp³-hybridized carbons (Fsp3) is 0.364. The van der Waals surface area contributed by atoms with Gasteiger partial charge in [-0.25, -0.2) is 15.0 Å². The second-order valence-corrected chi connectivity index (χ2v) is 4.58. The Morgan fingerprint density at radius 3 is 2.62 bits per heavy atom.